The Morgan fingerprint density at radius 1 is 1.16 bits per heavy atom. The fourth-order valence-electron chi connectivity index (χ4n) is 1.74. The van der Waals surface area contributed by atoms with Crippen LogP contribution in [-0.2, 0) is 15.8 Å². The lowest BCUT2D eigenvalue weighted by Crippen LogP contribution is -2.17. The summed E-state index contributed by atoms with van der Waals surface area (Å²) in [6.45, 7) is 0. The maximum Gasteiger partial charge on any atom is 0.416 e. The van der Waals surface area contributed by atoms with Gasteiger partial charge >= 0.3 is 12.1 Å². The van der Waals surface area contributed by atoms with Crippen LogP contribution in [0.1, 0.15) is 12.0 Å². The van der Waals surface area contributed by atoms with Crippen LogP contribution < -0.4 is 5.32 Å². The molecule has 0 aliphatic heterocycles. The Labute approximate surface area is 106 Å². The first-order valence-corrected chi connectivity index (χ1v) is 5.50. The molecule has 0 heterocycles. The Kier molecular flexibility index (Phi) is 3.21. The molecule has 0 spiro atoms. The summed E-state index contributed by atoms with van der Waals surface area (Å²) in [5.74, 6) is -2.80. The fourth-order valence-corrected chi connectivity index (χ4v) is 1.74. The predicted octanol–water partition coefficient (Wildman–Crippen LogP) is 2.36. The number of carbonyl (C=O) groups excluding carboxylic acids is 1. The number of carbonyl (C=O) groups is 2. The molecule has 2 atom stereocenters. The van der Waals surface area contributed by atoms with Crippen molar-refractivity contribution in [1.82, 2.24) is 0 Å². The van der Waals surface area contributed by atoms with Crippen LogP contribution in [0.25, 0.3) is 0 Å². The molecule has 0 saturated heterocycles. The molecule has 1 aromatic carbocycles. The van der Waals surface area contributed by atoms with Crippen molar-refractivity contribution in [2.45, 2.75) is 12.6 Å². The van der Waals surface area contributed by atoms with Crippen LogP contribution >= 0.6 is 0 Å². The van der Waals surface area contributed by atoms with Crippen molar-refractivity contribution in [2.75, 3.05) is 5.32 Å². The average Bonchev–Trinajstić information content (AvgIpc) is 3.08. The van der Waals surface area contributed by atoms with Gasteiger partial charge in [-0.05, 0) is 30.7 Å². The summed E-state index contributed by atoms with van der Waals surface area (Å²) in [6.07, 6.45) is -4.16. The lowest BCUT2D eigenvalue weighted by Gasteiger charge is -2.08. The van der Waals surface area contributed by atoms with Crippen molar-refractivity contribution in [1.29, 1.82) is 0 Å². The van der Waals surface area contributed by atoms with Gasteiger partial charge in [0, 0.05) is 5.69 Å². The van der Waals surface area contributed by atoms with E-state index in [1.54, 1.807) is 0 Å². The lowest BCUT2D eigenvalue weighted by atomic mass is 10.2. The summed E-state index contributed by atoms with van der Waals surface area (Å²) in [6, 6.07) is 3.99. The van der Waals surface area contributed by atoms with Crippen molar-refractivity contribution in [3.8, 4) is 0 Å². The molecule has 0 radical (unpaired) electrons. The van der Waals surface area contributed by atoms with Gasteiger partial charge < -0.3 is 10.4 Å². The van der Waals surface area contributed by atoms with Crippen molar-refractivity contribution in [2.24, 2.45) is 11.8 Å². The van der Waals surface area contributed by atoms with Crippen LogP contribution in [0.5, 0.6) is 0 Å². The van der Waals surface area contributed by atoms with Crippen molar-refractivity contribution in [3.05, 3.63) is 29.8 Å². The Hall–Kier alpha value is -2.05. The Bertz CT molecular complexity index is 510. The van der Waals surface area contributed by atoms with E-state index in [-0.39, 0.29) is 12.1 Å². The number of aliphatic carboxylic acids is 1. The molecule has 1 aromatic rings. The van der Waals surface area contributed by atoms with Gasteiger partial charge in [0.15, 0.2) is 0 Å². The number of benzene rings is 1. The minimum Gasteiger partial charge on any atom is -0.481 e. The number of hydrogen-bond acceptors (Lipinski definition) is 2. The van der Waals surface area contributed by atoms with Gasteiger partial charge in [-0.2, -0.15) is 13.2 Å². The van der Waals surface area contributed by atoms with E-state index >= 15 is 0 Å². The largest absolute Gasteiger partial charge is 0.481 e. The zero-order valence-corrected chi connectivity index (χ0v) is 9.57. The van der Waals surface area contributed by atoms with Crippen molar-refractivity contribution < 1.29 is 27.9 Å². The number of amides is 1. The monoisotopic (exact) mass is 273 g/mol. The van der Waals surface area contributed by atoms with Gasteiger partial charge in [-0.15, -0.1) is 0 Å². The standard InChI is InChI=1S/C12H10F3NO3/c13-12(14,15)6-1-3-7(4-2-6)16-10(17)8-5-9(8)11(18)19/h1-4,8-9H,5H2,(H,16,17)(H,18,19)/t8-,9+/m0/s1. The Balaban J connectivity index is 1.97. The molecule has 1 fully saturated rings. The SMILES string of the molecule is O=C(Nc1ccc(C(F)(F)F)cc1)[C@H]1C[C@H]1C(=O)O. The van der Waals surface area contributed by atoms with Crippen molar-refractivity contribution >= 4 is 17.6 Å². The van der Waals surface area contributed by atoms with E-state index in [0.717, 1.165) is 24.3 Å². The maximum atomic E-state index is 12.3. The second kappa shape index (κ2) is 4.56. The third kappa shape index (κ3) is 3.04. The zero-order valence-electron chi connectivity index (χ0n) is 9.57. The molecule has 0 bridgehead atoms. The molecule has 102 valence electrons. The summed E-state index contributed by atoms with van der Waals surface area (Å²) in [4.78, 5) is 22.2. The summed E-state index contributed by atoms with van der Waals surface area (Å²) < 4.78 is 36.9. The smallest absolute Gasteiger partial charge is 0.416 e. The second-order valence-electron chi connectivity index (χ2n) is 4.35. The number of halogens is 3. The summed E-state index contributed by atoms with van der Waals surface area (Å²) in [7, 11) is 0. The molecule has 1 saturated carbocycles. The van der Waals surface area contributed by atoms with Gasteiger partial charge in [0.25, 0.3) is 0 Å². The van der Waals surface area contributed by atoms with E-state index in [1.165, 1.54) is 0 Å². The predicted molar refractivity (Wildman–Crippen MR) is 59.3 cm³/mol. The number of hydrogen-bond donors (Lipinski definition) is 2. The van der Waals surface area contributed by atoms with Crippen LogP contribution in [0.3, 0.4) is 0 Å². The molecular weight excluding hydrogens is 263 g/mol. The van der Waals surface area contributed by atoms with Gasteiger partial charge in [-0.1, -0.05) is 0 Å². The van der Waals surface area contributed by atoms with Gasteiger partial charge in [-0.3, -0.25) is 9.59 Å². The quantitative estimate of drug-likeness (QED) is 0.888. The van der Waals surface area contributed by atoms with Crippen LogP contribution in [0.4, 0.5) is 18.9 Å². The summed E-state index contributed by atoms with van der Waals surface area (Å²) in [5.41, 5.74) is -0.589. The fraction of sp³-hybridized carbons (Fsp3) is 0.333. The van der Waals surface area contributed by atoms with Gasteiger partial charge in [0.05, 0.1) is 17.4 Å². The molecule has 7 heteroatoms. The molecule has 4 nitrogen and oxygen atoms in total. The number of rotatable bonds is 3. The van der Waals surface area contributed by atoms with Crippen LogP contribution in [0.15, 0.2) is 24.3 Å². The molecule has 2 N–H and O–H groups in total. The van der Waals surface area contributed by atoms with Gasteiger partial charge in [0.1, 0.15) is 0 Å². The topological polar surface area (TPSA) is 66.4 Å². The highest BCUT2D eigenvalue weighted by Crippen LogP contribution is 2.39. The number of carboxylic acid groups (broad SMARTS) is 1. The normalized spacial score (nSPS) is 21.8. The molecule has 0 aromatic heterocycles. The van der Waals surface area contributed by atoms with E-state index in [0.29, 0.717) is 0 Å². The molecule has 1 aliphatic carbocycles. The molecule has 1 amide bonds. The third-order valence-electron chi connectivity index (χ3n) is 2.92. The highest BCUT2D eigenvalue weighted by molar-refractivity contribution is 5.98. The third-order valence-corrected chi connectivity index (χ3v) is 2.92. The molecule has 0 unspecified atom stereocenters. The van der Waals surface area contributed by atoms with E-state index in [2.05, 4.69) is 5.32 Å². The minimum absolute atomic E-state index is 0.217. The van der Waals surface area contributed by atoms with Crippen molar-refractivity contribution in [3.63, 3.8) is 0 Å². The highest BCUT2D eigenvalue weighted by Gasteiger charge is 2.48. The van der Waals surface area contributed by atoms with E-state index in [9.17, 15) is 22.8 Å². The number of carboxylic acids is 1. The highest BCUT2D eigenvalue weighted by atomic mass is 19.4. The number of nitrogens with one attached hydrogen (secondary N) is 1. The first-order valence-electron chi connectivity index (χ1n) is 5.50. The average molecular weight is 273 g/mol. The first-order chi connectivity index (χ1) is 8.79. The molecule has 2 rings (SSSR count). The molecular formula is C12H10F3NO3. The van der Waals surface area contributed by atoms with E-state index in [1.807, 2.05) is 0 Å². The van der Waals surface area contributed by atoms with E-state index in [4.69, 9.17) is 5.11 Å². The maximum absolute atomic E-state index is 12.3. The van der Waals surface area contributed by atoms with Gasteiger partial charge in [-0.25, -0.2) is 0 Å². The lowest BCUT2D eigenvalue weighted by molar-refractivity contribution is -0.140. The minimum atomic E-state index is -4.42. The van der Waals surface area contributed by atoms with E-state index < -0.39 is 35.5 Å². The second-order valence-corrected chi connectivity index (χ2v) is 4.35. The van der Waals surface area contributed by atoms with Gasteiger partial charge in [0.2, 0.25) is 5.91 Å². The summed E-state index contributed by atoms with van der Waals surface area (Å²) in [5, 5.41) is 11.1. The van der Waals surface area contributed by atoms with Crippen LogP contribution in [0.2, 0.25) is 0 Å². The Morgan fingerprint density at radius 3 is 2.16 bits per heavy atom. The molecule has 1 aliphatic rings. The first kappa shape index (κ1) is 13.4. The number of alkyl halides is 3. The van der Waals surface area contributed by atoms with Crippen LogP contribution in [-0.4, -0.2) is 17.0 Å². The Morgan fingerprint density at radius 2 is 1.74 bits per heavy atom. The zero-order chi connectivity index (χ0) is 14.2. The van der Waals surface area contributed by atoms with Crippen LogP contribution in [0, 0.1) is 11.8 Å². The number of anilines is 1. The molecule has 19 heavy (non-hydrogen) atoms. The summed E-state index contributed by atoms with van der Waals surface area (Å²) >= 11 is 0.